The van der Waals surface area contributed by atoms with Crippen molar-refractivity contribution < 1.29 is 55.2 Å². The number of nitrogens with one attached hydrogen (secondary N) is 1. The number of aliphatic hydroxyl groups excluding tert-OH is 1. The van der Waals surface area contributed by atoms with E-state index in [1.165, 1.54) is 30.6 Å². The number of ether oxygens (including phenoxy) is 3. The molecule has 4 atom stereocenters. The van der Waals surface area contributed by atoms with E-state index in [1.807, 2.05) is 9.80 Å². The number of rotatable bonds is 12. The Morgan fingerprint density at radius 2 is 1.16 bits per heavy atom. The molecule has 4 unspecified atom stereocenters. The van der Waals surface area contributed by atoms with E-state index in [0.717, 1.165) is 45.1 Å². The number of morpholine rings is 2. The zero-order chi connectivity index (χ0) is 55.5. The molecule has 414 valence electrons. The fraction of sp³-hybridized carbons (Fsp3) is 0.333. The lowest BCUT2D eigenvalue weighted by atomic mass is 10.2. The predicted octanol–water partition coefficient (Wildman–Crippen LogP) is 8.89. The number of carbonyl (C=O) groups is 2. The highest BCUT2D eigenvalue weighted by Gasteiger charge is 2.39. The van der Waals surface area contributed by atoms with E-state index in [1.54, 1.807) is 78.9 Å². The Bertz CT molecular complexity index is 3590. The second-order valence-corrected chi connectivity index (χ2v) is 20.1. The molecule has 12 rings (SSSR count). The molecule has 4 bridgehead atoms. The first kappa shape index (κ1) is 52.1. The summed E-state index contributed by atoms with van der Waals surface area (Å²) in [7, 11) is 0. The zero-order valence-electron chi connectivity index (χ0n) is 42.4. The largest absolute Gasteiger partial charge is 0.435 e. The number of aromatic nitrogens is 8. The predicted molar refractivity (Wildman–Crippen MR) is 280 cm³/mol. The van der Waals surface area contributed by atoms with Crippen molar-refractivity contribution in [3.8, 4) is 28.5 Å². The molecule has 4 fully saturated rings. The molecular weight excluding hydrogens is 1050 g/mol. The molecule has 4 aliphatic heterocycles. The van der Waals surface area contributed by atoms with Gasteiger partial charge in [-0.05, 0) is 110 Å². The second kappa shape index (κ2) is 20.9. The van der Waals surface area contributed by atoms with Crippen LogP contribution in [0.3, 0.4) is 0 Å². The summed E-state index contributed by atoms with van der Waals surface area (Å²) in [6.45, 7) is -1.48. The van der Waals surface area contributed by atoms with Gasteiger partial charge in [0, 0.05) is 48.7 Å². The van der Waals surface area contributed by atoms with Gasteiger partial charge in [-0.3, -0.25) is 0 Å². The SMILES string of the molecule is Nc1cccc(CN(C(=O)Oc2ccc(-c3nc(N4CC5CCC(C4)O5)c4cnn(CC(F)(F)F)c4n3)cc2)N(C(=O)Nc2ccc(-c3nc(N4CC5CCC(C4)O5)c4cnn(CC(F)(F)F)c4n3)cc2)c2cccc(CO)c2)c1. The van der Waals surface area contributed by atoms with Crippen LogP contribution in [-0.4, -0.2) is 125 Å². The molecule has 4 aliphatic rings. The third kappa shape index (κ3) is 11.0. The first-order chi connectivity index (χ1) is 38.5. The summed E-state index contributed by atoms with van der Waals surface area (Å²) < 4.78 is 102. The number of fused-ring (bicyclic) bond motifs is 6. The van der Waals surface area contributed by atoms with Crippen molar-refractivity contribution in [3.05, 3.63) is 121 Å². The highest BCUT2D eigenvalue weighted by atomic mass is 19.4. The minimum absolute atomic E-state index is 0.00486. The Hall–Kier alpha value is -8.62. The number of benzene rings is 4. The molecule has 4 aromatic heterocycles. The standard InChI is InChI=1S/C54H50F6N14O6/c55-53(56,57)29-71-49-43(21-62-71)47(69-24-39-15-16-40(25-69)78-39)65-45(67-49)33-7-11-36(12-8-33)64-51(76)74(37-6-2-4-32(20-37)28-75)73(23-31-3-1-5-35(61)19-31)52(77)80-38-13-9-34(10-14-38)46-66-48(70-26-41-17-18-42(27-70)79-41)44-22-63-72(50(44)68-46)30-54(58,59)60/h1-14,19-22,39-42,75H,15-18,23-30,61H2,(H,64,76). The van der Waals surface area contributed by atoms with E-state index in [-0.39, 0.29) is 71.0 Å². The van der Waals surface area contributed by atoms with Crippen molar-refractivity contribution >= 4 is 62.9 Å². The lowest BCUT2D eigenvalue weighted by Gasteiger charge is -2.34. The average Bonchev–Trinajstić information content (AvgIpc) is 4.32. The number of nitrogens with two attached hydrogens (primary N) is 1. The number of halogens is 6. The third-order valence-corrected chi connectivity index (χ3v) is 14.3. The zero-order valence-corrected chi connectivity index (χ0v) is 42.4. The molecule has 4 saturated heterocycles. The van der Waals surface area contributed by atoms with E-state index >= 15 is 0 Å². The number of hydrogen-bond donors (Lipinski definition) is 3. The lowest BCUT2D eigenvalue weighted by Crippen LogP contribution is -2.52. The Morgan fingerprint density at radius 3 is 1.66 bits per heavy atom. The van der Waals surface area contributed by atoms with Gasteiger partial charge in [-0.25, -0.2) is 43.9 Å². The molecule has 20 nitrogen and oxygen atoms in total. The number of aliphatic hydroxyl groups is 1. The van der Waals surface area contributed by atoms with Gasteiger partial charge in [0.1, 0.15) is 30.5 Å². The Labute approximate surface area is 451 Å². The minimum Gasteiger partial charge on any atom is -0.409 e. The number of nitrogens with zero attached hydrogens (tertiary/aromatic N) is 12. The van der Waals surface area contributed by atoms with Crippen LogP contribution >= 0.6 is 0 Å². The fourth-order valence-electron chi connectivity index (χ4n) is 10.7. The number of anilines is 5. The summed E-state index contributed by atoms with van der Waals surface area (Å²) in [5.41, 5.74) is 8.61. The van der Waals surface area contributed by atoms with Crippen molar-refractivity contribution in [1.82, 2.24) is 44.5 Å². The van der Waals surface area contributed by atoms with Crippen molar-refractivity contribution in [3.63, 3.8) is 0 Å². The van der Waals surface area contributed by atoms with Gasteiger partial charge in [0.2, 0.25) is 0 Å². The highest BCUT2D eigenvalue weighted by molar-refractivity contribution is 6.03. The summed E-state index contributed by atoms with van der Waals surface area (Å²) in [5, 5.41) is 23.9. The quantitative estimate of drug-likeness (QED) is 0.0591. The topological polar surface area (TPSA) is 220 Å². The maximum Gasteiger partial charge on any atom is 0.435 e. The van der Waals surface area contributed by atoms with Crippen LogP contribution in [0.15, 0.2) is 109 Å². The number of carbonyl (C=O) groups excluding carboxylic acids is 2. The van der Waals surface area contributed by atoms with E-state index < -0.39 is 44.2 Å². The van der Waals surface area contributed by atoms with Gasteiger partial charge in [-0.15, -0.1) is 0 Å². The van der Waals surface area contributed by atoms with Crippen LogP contribution in [0.1, 0.15) is 36.8 Å². The molecule has 4 N–H and O–H groups in total. The molecule has 0 radical (unpaired) electrons. The molecule has 80 heavy (non-hydrogen) atoms. The molecule has 8 aromatic rings. The number of alkyl halides is 6. The normalized spacial score (nSPS) is 19.0. The van der Waals surface area contributed by atoms with E-state index in [9.17, 15) is 41.0 Å². The molecule has 0 aliphatic carbocycles. The number of amides is 3. The highest BCUT2D eigenvalue weighted by Crippen LogP contribution is 2.37. The maximum absolute atomic E-state index is 14.9. The van der Waals surface area contributed by atoms with Crippen LogP contribution in [0.2, 0.25) is 0 Å². The molecule has 8 heterocycles. The molecule has 26 heteroatoms. The third-order valence-electron chi connectivity index (χ3n) is 14.3. The van der Waals surface area contributed by atoms with Gasteiger partial charge in [0.15, 0.2) is 22.9 Å². The summed E-state index contributed by atoms with van der Waals surface area (Å²) >= 11 is 0. The van der Waals surface area contributed by atoms with Crippen molar-refractivity contribution in [2.24, 2.45) is 0 Å². The Morgan fingerprint density at radius 1 is 0.662 bits per heavy atom. The molecule has 3 amide bonds. The number of hydrazine groups is 1. The molecular formula is C54H50F6N14O6. The summed E-state index contributed by atoms with van der Waals surface area (Å²) in [6, 6.07) is 24.4. The van der Waals surface area contributed by atoms with E-state index in [4.69, 9.17) is 29.9 Å². The molecule has 4 aromatic carbocycles. The van der Waals surface area contributed by atoms with Crippen LogP contribution < -0.4 is 30.6 Å². The number of nitrogen functional groups attached to an aromatic ring is 1. The second-order valence-electron chi connectivity index (χ2n) is 20.1. The van der Waals surface area contributed by atoms with Gasteiger partial charge < -0.3 is 40.2 Å². The Kier molecular flexibility index (Phi) is 13.6. The van der Waals surface area contributed by atoms with Crippen molar-refractivity contribution in [2.45, 2.75) is 88.7 Å². The van der Waals surface area contributed by atoms with Gasteiger partial charge in [-0.1, -0.05) is 24.3 Å². The monoisotopic (exact) mass is 1100 g/mol. The van der Waals surface area contributed by atoms with E-state index in [2.05, 4.69) is 25.5 Å². The number of hydrogen-bond acceptors (Lipinski definition) is 15. The van der Waals surface area contributed by atoms with Gasteiger partial charge in [-0.2, -0.15) is 41.5 Å². The van der Waals surface area contributed by atoms with Crippen LogP contribution in [0.25, 0.3) is 44.8 Å². The first-order valence-corrected chi connectivity index (χ1v) is 25.7. The van der Waals surface area contributed by atoms with Gasteiger partial charge in [0.05, 0.1) is 66.4 Å². The summed E-state index contributed by atoms with van der Waals surface area (Å²) in [6.07, 6.45) is -4.34. The van der Waals surface area contributed by atoms with Crippen LogP contribution in [0.4, 0.5) is 64.6 Å². The van der Waals surface area contributed by atoms with Gasteiger partial charge in [0.25, 0.3) is 0 Å². The van der Waals surface area contributed by atoms with Crippen molar-refractivity contribution in [2.75, 3.05) is 52.0 Å². The van der Waals surface area contributed by atoms with Crippen molar-refractivity contribution in [1.29, 1.82) is 0 Å². The maximum atomic E-state index is 14.9. The smallest absolute Gasteiger partial charge is 0.409 e. The lowest BCUT2D eigenvalue weighted by molar-refractivity contribution is -0.142. The summed E-state index contributed by atoms with van der Waals surface area (Å²) in [4.78, 5) is 52.4. The van der Waals surface area contributed by atoms with Crippen LogP contribution in [-0.2, 0) is 35.7 Å². The Balaban J connectivity index is 0.847. The van der Waals surface area contributed by atoms with E-state index in [0.29, 0.717) is 76.5 Å². The summed E-state index contributed by atoms with van der Waals surface area (Å²) in [5.74, 6) is 1.06. The van der Waals surface area contributed by atoms with Crippen LogP contribution in [0.5, 0.6) is 5.75 Å². The van der Waals surface area contributed by atoms with Crippen LogP contribution in [0, 0.1) is 0 Å². The molecule has 0 spiro atoms. The van der Waals surface area contributed by atoms with Gasteiger partial charge >= 0.3 is 24.5 Å². The molecule has 0 saturated carbocycles. The first-order valence-electron chi connectivity index (χ1n) is 25.7. The number of urea groups is 1. The average molecular weight is 1110 g/mol. The minimum atomic E-state index is -4.58. The fourth-order valence-corrected chi connectivity index (χ4v) is 10.7.